The molecule has 0 aliphatic rings. The average molecular weight is 306 g/mol. The number of nitrogens with two attached hydrogens (primary N) is 1. The Morgan fingerprint density at radius 2 is 2.00 bits per heavy atom. The molecule has 108 valence electrons. The first kappa shape index (κ1) is 14.8. The van der Waals surface area contributed by atoms with E-state index >= 15 is 0 Å². The van der Waals surface area contributed by atoms with E-state index in [2.05, 4.69) is 5.32 Å². The standard InChI is InChI=1S/C14H12ClN3O3/c1-8-2-4-12(16)10(6-8)14(19)17-9-3-5-13(18(20)21)11(15)7-9/h2-7H,16H2,1H3,(H,17,19). The molecule has 0 bridgehead atoms. The smallest absolute Gasteiger partial charge is 0.288 e. The molecule has 0 radical (unpaired) electrons. The first-order valence-corrected chi connectivity index (χ1v) is 6.37. The minimum Gasteiger partial charge on any atom is -0.398 e. The van der Waals surface area contributed by atoms with Gasteiger partial charge >= 0.3 is 0 Å². The van der Waals surface area contributed by atoms with Crippen LogP contribution in [0.2, 0.25) is 5.02 Å². The molecular weight excluding hydrogens is 294 g/mol. The fourth-order valence-electron chi connectivity index (χ4n) is 1.80. The van der Waals surface area contributed by atoms with E-state index in [0.717, 1.165) is 5.56 Å². The van der Waals surface area contributed by atoms with Gasteiger partial charge in [-0.25, -0.2) is 0 Å². The van der Waals surface area contributed by atoms with Crippen molar-refractivity contribution in [3.05, 3.63) is 62.7 Å². The van der Waals surface area contributed by atoms with Crippen LogP contribution in [0.5, 0.6) is 0 Å². The number of nitrogens with zero attached hydrogens (tertiary/aromatic N) is 1. The Bertz CT molecular complexity index is 731. The van der Waals surface area contributed by atoms with Crippen molar-refractivity contribution in [2.24, 2.45) is 0 Å². The molecule has 0 saturated carbocycles. The van der Waals surface area contributed by atoms with E-state index < -0.39 is 10.8 Å². The Morgan fingerprint density at radius 3 is 2.62 bits per heavy atom. The molecule has 0 aliphatic heterocycles. The number of hydrogen-bond donors (Lipinski definition) is 2. The Kier molecular flexibility index (Phi) is 4.09. The molecule has 7 heteroatoms. The number of aryl methyl sites for hydroxylation is 1. The summed E-state index contributed by atoms with van der Waals surface area (Å²) in [6, 6.07) is 9.08. The van der Waals surface area contributed by atoms with Gasteiger partial charge in [-0.1, -0.05) is 23.2 Å². The largest absolute Gasteiger partial charge is 0.398 e. The second kappa shape index (κ2) is 5.80. The fourth-order valence-corrected chi connectivity index (χ4v) is 2.05. The lowest BCUT2D eigenvalue weighted by Crippen LogP contribution is -2.14. The van der Waals surface area contributed by atoms with E-state index in [1.807, 2.05) is 6.92 Å². The highest BCUT2D eigenvalue weighted by Crippen LogP contribution is 2.27. The zero-order valence-electron chi connectivity index (χ0n) is 11.1. The van der Waals surface area contributed by atoms with Crippen LogP contribution in [-0.2, 0) is 0 Å². The van der Waals surface area contributed by atoms with Crippen molar-refractivity contribution < 1.29 is 9.72 Å². The Hall–Kier alpha value is -2.60. The Labute approximate surface area is 125 Å². The number of anilines is 2. The van der Waals surface area contributed by atoms with Crippen molar-refractivity contribution in [3.8, 4) is 0 Å². The number of carbonyl (C=O) groups excluding carboxylic acids is 1. The summed E-state index contributed by atoms with van der Waals surface area (Å²) in [4.78, 5) is 22.2. The highest BCUT2D eigenvalue weighted by Gasteiger charge is 2.15. The van der Waals surface area contributed by atoms with Gasteiger partial charge in [-0.2, -0.15) is 0 Å². The first-order chi connectivity index (χ1) is 9.88. The molecule has 0 fully saturated rings. The van der Waals surface area contributed by atoms with Gasteiger partial charge in [0.05, 0.1) is 10.5 Å². The summed E-state index contributed by atoms with van der Waals surface area (Å²) in [7, 11) is 0. The van der Waals surface area contributed by atoms with Crippen molar-refractivity contribution in [2.75, 3.05) is 11.1 Å². The normalized spacial score (nSPS) is 10.2. The first-order valence-electron chi connectivity index (χ1n) is 6.00. The van der Waals surface area contributed by atoms with Gasteiger partial charge in [0.25, 0.3) is 11.6 Å². The number of hydrogen-bond acceptors (Lipinski definition) is 4. The monoisotopic (exact) mass is 305 g/mol. The second-order valence-corrected chi connectivity index (χ2v) is 4.88. The minimum absolute atomic E-state index is 0.0463. The number of carbonyl (C=O) groups is 1. The van der Waals surface area contributed by atoms with Crippen molar-refractivity contribution in [1.29, 1.82) is 0 Å². The number of amides is 1. The number of rotatable bonds is 3. The van der Waals surface area contributed by atoms with Crippen LogP contribution in [0.1, 0.15) is 15.9 Å². The van der Waals surface area contributed by atoms with Gasteiger partial charge in [-0.15, -0.1) is 0 Å². The molecular formula is C14H12ClN3O3. The SMILES string of the molecule is Cc1ccc(N)c(C(=O)Nc2ccc([N+](=O)[O-])c(Cl)c2)c1. The molecule has 6 nitrogen and oxygen atoms in total. The highest BCUT2D eigenvalue weighted by atomic mass is 35.5. The van der Waals surface area contributed by atoms with Crippen LogP contribution >= 0.6 is 11.6 Å². The number of nitro benzene ring substituents is 1. The fraction of sp³-hybridized carbons (Fsp3) is 0.0714. The van der Waals surface area contributed by atoms with E-state index in [1.165, 1.54) is 18.2 Å². The summed E-state index contributed by atoms with van der Waals surface area (Å²) in [5, 5.41) is 13.2. The summed E-state index contributed by atoms with van der Waals surface area (Å²) in [6.07, 6.45) is 0. The number of nitrogen functional groups attached to an aromatic ring is 1. The zero-order valence-corrected chi connectivity index (χ0v) is 11.8. The molecule has 2 aromatic rings. The predicted molar refractivity (Wildman–Crippen MR) is 81.7 cm³/mol. The molecule has 21 heavy (non-hydrogen) atoms. The van der Waals surface area contributed by atoms with Gasteiger partial charge in [-0.05, 0) is 31.2 Å². The molecule has 0 heterocycles. The van der Waals surface area contributed by atoms with Crippen LogP contribution in [0, 0.1) is 17.0 Å². The van der Waals surface area contributed by atoms with Crippen LogP contribution in [0.15, 0.2) is 36.4 Å². The van der Waals surface area contributed by atoms with Crippen molar-refractivity contribution in [3.63, 3.8) is 0 Å². The molecule has 0 saturated heterocycles. The number of halogens is 1. The Balaban J connectivity index is 2.26. The summed E-state index contributed by atoms with van der Waals surface area (Å²) < 4.78 is 0. The van der Waals surface area contributed by atoms with Crippen LogP contribution < -0.4 is 11.1 Å². The molecule has 0 atom stereocenters. The average Bonchev–Trinajstić information content (AvgIpc) is 2.41. The minimum atomic E-state index is -0.591. The molecule has 0 unspecified atom stereocenters. The summed E-state index contributed by atoms with van der Waals surface area (Å²) >= 11 is 5.79. The van der Waals surface area contributed by atoms with E-state index in [4.69, 9.17) is 17.3 Å². The van der Waals surface area contributed by atoms with Gasteiger partial charge in [-0.3, -0.25) is 14.9 Å². The molecule has 0 aromatic heterocycles. The Morgan fingerprint density at radius 1 is 1.29 bits per heavy atom. The van der Waals surface area contributed by atoms with Gasteiger partial charge in [0, 0.05) is 17.4 Å². The van der Waals surface area contributed by atoms with Gasteiger partial charge in [0.15, 0.2) is 0 Å². The van der Waals surface area contributed by atoms with Crippen LogP contribution in [0.4, 0.5) is 17.1 Å². The van der Waals surface area contributed by atoms with Crippen molar-refractivity contribution >= 4 is 34.6 Å². The zero-order chi connectivity index (χ0) is 15.6. The maximum Gasteiger partial charge on any atom is 0.288 e. The number of nitrogens with one attached hydrogen (secondary N) is 1. The van der Waals surface area contributed by atoms with Gasteiger partial charge < -0.3 is 11.1 Å². The highest BCUT2D eigenvalue weighted by molar-refractivity contribution is 6.33. The lowest BCUT2D eigenvalue weighted by atomic mass is 10.1. The quantitative estimate of drug-likeness (QED) is 0.516. The van der Waals surface area contributed by atoms with E-state index in [9.17, 15) is 14.9 Å². The maximum atomic E-state index is 12.1. The van der Waals surface area contributed by atoms with Crippen LogP contribution in [0.3, 0.4) is 0 Å². The third kappa shape index (κ3) is 3.29. The molecule has 0 aliphatic carbocycles. The second-order valence-electron chi connectivity index (χ2n) is 4.47. The molecule has 1 amide bonds. The van der Waals surface area contributed by atoms with Crippen LogP contribution in [0.25, 0.3) is 0 Å². The van der Waals surface area contributed by atoms with E-state index in [1.54, 1.807) is 18.2 Å². The van der Waals surface area contributed by atoms with Gasteiger partial charge in [0.2, 0.25) is 0 Å². The van der Waals surface area contributed by atoms with Crippen LogP contribution in [-0.4, -0.2) is 10.8 Å². The molecule has 3 N–H and O–H groups in total. The van der Waals surface area contributed by atoms with E-state index in [0.29, 0.717) is 16.9 Å². The number of benzene rings is 2. The molecule has 2 aromatic carbocycles. The topological polar surface area (TPSA) is 98.3 Å². The molecule has 2 rings (SSSR count). The lowest BCUT2D eigenvalue weighted by Gasteiger charge is -2.08. The number of nitro groups is 1. The maximum absolute atomic E-state index is 12.1. The van der Waals surface area contributed by atoms with Crippen molar-refractivity contribution in [1.82, 2.24) is 0 Å². The summed E-state index contributed by atoms with van der Waals surface area (Å²) in [6.45, 7) is 1.85. The van der Waals surface area contributed by atoms with Crippen molar-refractivity contribution in [2.45, 2.75) is 6.92 Å². The summed E-state index contributed by atoms with van der Waals surface area (Å²) in [5.41, 5.74) is 7.49. The summed E-state index contributed by atoms with van der Waals surface area (Å²) in [5.74, 6) is -0.402. The van der Waals surface area contributed by atoms with Gasteiger partial charge in [0.1, 0.15) is 5.02 Å². The molecule has 0 spiro atoms. The van der Waals surface area contributed by atoms with E-state index in [-0.39, 0.29) is 10.7 Å². The lowest BCUT2D eigenvalue weighted by molar-refractivity contribution is -0.384. The third-order valence-corrected chi connectivity index (χ3v) is 3.16. The third-order valence-electron chi connectivity index (χ3n) is 2.86. The predicted octanol–water partition coefficient (Wildman–Crippen LogP) is 3.39.